The molecule has 0 N–H and O–H groups in total. The molecule has 1 fully saturated rings. The highest BCUT2D eigenvalue weighted by molar-refractivity contribution is 5.35. The fraction of sp³-hybridized carbons (Fsp3) is 0.600. The molecule has 0 radical (unpaired) electrons. The summed E-state index contributed by atoms with van der Waals surface area (Å²) in [5.74, 6) is 1.11. The maximum absolute atomic E-state index is 6.20. The van der Waals surface area contributed by atoms with Gasteiger partial charge in [0.2, 0.25) is 0 Å². The number of para-hydroxylation sites is 1. The van der Waals surface area contributed by atoms with Gasteiger partial charge in [0, 0.05) is 6.04 Å². The van der Waals surface area contributed by atoms with Gasteiger partial charge in [-0.1, -0.05) is 24.6 Å². The Balaban J connectivity index is 1.75. The Bertz CT molecular complexity index is 390. The molecule has 2 heteroatoms. The van der Waals surface area contributed by atoms with Crippen molar-refractivity contribution in [1.29, 1.82) is 0 Å². The number of rotatable bonds is 1. The molecule has 3 rings (SSSR count). The minimum absolute atomic E-state index is 0.398. The summed E-state index contributed by atoms with van der Waals surface area (Å²) in [7, 11) is 2.24. The number of piperidine rings is 1. The van der Waals surface area contributed by atoms with Crippen molar-refractivity contribution in [2.45, 2.75) is 44.2 Å². The van der Waals surface area contributed by atoms with E-state index in [2.05, 4.69) is 36.2 Å². The Labute approximate surface area is 104 Å². The topological polar surface area (TPSA) is 12.5 Å². The van der Waals surface area contributed by atoms with Crippen LogP contribution in [0.4, 0.5) is 0 Å². The number of fused-ring (bicyclic) bond motifs is 1. The van der Waals surface area contributed by atoms with Crippen LogP contribution in [0, 0.1) is 0 Å². The highest BCUT2D eigenvalue weighted by Crippen LogP contribution is 2.31. The molecule has 2 heterocycles. The van der Waals surface area contributed by atoms with Gasteiger partial charge < -0.3 is 4.74 Å². The van der Waals surface area contributed by atoms with Gasteiger partial charge in [0.15, 0.2) is 0 Å². The standard InChI is InChI=1S/C15H21NO/c1-16-11-5-4-7-13(16)15-10-9-12-6-2-3-8-14(12)17-15/h2-3,6,8,13,15H,4-5,7,9-11H2,1H3/t13-,15-/m0/s1. The van der Waals surface area contributed by atoms with Gasteiger partial charge in [0.1, 0.15) is 11.9 Å². The molecule has 0 spiro atoms. The Morgan fingerprint density at radius 2 is 2.06 bits per heavy atom. The first-order valence-electron chi connectivity index (χ1n) is 6.79. The molecule has 92 valence electrons. The number of likely N-dealkylation sites (tertiary alicyclic amines) is 1. The predicted octanol–water partition coefficient (Wildman–Crippen LogP) is 2.86. The molecule has 2 aliphatic rings. The highest BCUT2D eigenvalue weighted by Gasteiger charge is 2.31. The monoisotopic (exact) mass is 231 g/mol. The minimum atomic E-state index is 0.398. The zero-order valence-electron chi connectivity index (χ0n) is 10.6. The van der Waals surface area contributed by atoms with E-state index in [0.717, 1.165) is 5.75 Å². The first-order chi connectivity index (χ1) is 8.34. The maximum Gasteiger partial charge on any atom is 0.122 e. The van der Waals surface area contributed by atoms with Crippen LogP contribution < -0.4 is 4.74 Å². The van der Waals surface area contributed by atoms with Crippen molar-refractivity contribution in [3.63, 3.8) is 0 Å². The zero-order chi connectivity index (χ0) is 11.7. The smallest absolute Gasteiger partial charge is 0.122 e. The summed E-state index contributed by atoms with van der Waals surface area (Å²) in [5, 5.41) is 0. The van der Waals surface area contributed by atoms with Crippen molar-refractivity contribution < 1.29 is 4.74 Å². The molecule has 0 unspecified atom stereocenters. The Morgan fingerprint density at radius 3 is 2.94 bits per heavy atom. The van der Waals surface area contributed by atoms with Crippen LogP contribution in [0.5, 0.6) is 5.75 Å². The molecule has 1 aromatic rings. The lowest BCUT2D eigenvalue weighted by molar-refractivity contribution is 0.0448. The van der Waals surface area contributed by atoms with Crippen LogP contribution >= 0.6 is 0 Å². The van der Waals surface area contributed by atoms with E-state index in [1.165, 1.54) is 44.2 Å². The van der Waals surface area contributed by atoms with Crippen molar-refractivity contribution in [3.05, 3.63) is 29.8 Å². The lowest BCUT2D eigenvalue weighted by Gasteiger charge is -2.40. The van der Waals surface area contributed by atoms with Crippen LogP contribution in [0.2, 0.25) is 0 Å². The van der Waals surface area contributed by atoms with Crippen molar-refractivity contribution in [1.82, 2.24) is 4.90 Å². The van der Waals surface area contributed by atoms with Crippen LogP contribution in [0.3, 0.4) is 0 Å². The summed E-state index contributed by atoms with van der Waals surface area (Å²) in [6.07, 6.45) is 6.74. The molecule has 0 bridgehead atoms. The lowest BCUT2D eigenvalue weighted by Crippen LogP contribution is -2.48. The van der Waals surface area contributed by atoms with Gasteiger partial charge in [-0.15, -0.1) is 0 Å². The van der Waals surface area contributed by atoms with E-state index in [0.29, 0.717) is 12.1 Å². The first kappa shape index (κ1) is 11.1. The number of hydrogen-bond donors (Lipinski definition) is 0. The van der Waals surface area contributed by atoms with Crippen LogP contribution in [-0.4, -0.2) is 30.6 Å². The molecule has 0 saturated carbocycles. The summed E-state index contributed by atoms with van der Waals surface area (Å²) in [6.45, 7) is 1.23. The second kappa shape index (κ2) is 4.69. The minimum Gasteiger partial charge on any atom is -0.489 e. The number of ether oxygens (including phenoxy) is 1. The summed E-state index contributed by atoms with van der Waals surface area (Å²) < 4.78 is 6.20. The molecular formula is C15H21NO. The van der Waals surface area contributed by atoms with Gasteiger partial charge in [-0.3, -0.25) is 4.90 Å². The summed E-state index contributed by atoms with van der Waals surface area (Å²) in [5.41, 5.74) is 1.38. The third kappa shape index (κ3) is 2.19. The molecule has 17 heavy (non-hydrogen) atoms. The summed E-state index contributed by atoms with van der Waals surface area (Å²) in [4.78, 5) is 2.49. The largest absolute Gasteiger partial charge is 0.489 e. The zero-order valence-corrected chi connectivity index (χ0v) is 10.6. The van der Waals surface area contributed by atoms with Crippen LogP contribution in [0.15, 0.2) is 24.3 Å². The van der Waals surface area contributed by atoms with E-state index in [1.807, 2.05) is 0 Å². The highest BCUT2D eigenvalue weighted by atomic mass is 16.5. The second-order valence-corrected chi connectivity index (χ2v) is 5.35. The quantitative estimate of drug-likeness (QED) is 0.737. The molecule has 0 aromatic heterocycles. The summed E-state index contributed by atoms with van der Waals surface area (Å²) in [6, 6.07) is 9.11. The van der Waals surface area contributed by atoms with E-state index in [4.69, 9.17) is 4.74 Å². The Hall–Kier alpha value is -1.02. The Morgan fingerprint density at radius 1 is 1.18 bits per heavy atom. The van der Waals surface area contributed by atoms with E-state index < -0.39 is 0 Å². The third-order valence-electron chi connectivity index (χ3n) is 4.21. The van der Waals surface area contributed by atoms with Gasteiger partial charge in [-0.25, -0.2) is 0 Å². The molecule has 1 saturated heterocycles. The Kier molecular flexibility index (Phi) is 3.06. The number of hydrogen-bond acceptors (Lipinski definition) is 2. The SMILES string of the molecule is CN1CCCC[C@H]1[C@@H]1CCc2ccccc2O1. The normalized spacial score (nSPS) is 29.5. The van der Waals surface area contributed by atoms with Crippen LogP contribution in [0.25, 0.3) is 0 Å². The van der Waals surface area contributed by atoms with Crippen molar-refractivity contribution in [3.8, 4) is 5.75 Å². The molecule has 2 nitrogen and oxygen atoms in total. The van der Waals surface area contributed by atoms with Gasteiger partial charge in [0.05, 0.1) is 0 Å². The lowest BCUT2D eigenvalue weighted by atomic mass is 9.92. The molecule has 2 atom stereocenters. The second-order valence-electron chi connectivity index (χ2n) is 5.35. The molecule has 0 aliphatic carbocycles. The van der Waals surface area contributed by atoms with E-state index in [-0.39, 0.29) is 0 Å². The number of nitrogens with zero attached hydrogens (tertiary/aromatic N) is 1. The number of benzene rings is 1. The fourth-order valence-corrected chi connectivity index (χ4v) is 3.19. The van der Waals surface area contributed by atoms with E-state index >= 15 is 0 Å². The fourth-order valence-electron chi connectivity index (χ4n) is 3.19. The van der Waals surface area contributed by atoms with Crippen molar-refractivity contribution >= 4 is 0 Å². The third-order valence-corrected chi connectivity index (χ3v) is 4.21. The molecular weight excluding hydrogens is 210 g/mol. The predicted molar refractivity (Wildman–Crippen MR) is 69.4 cm³/mol. The first-order valence-corrected chi connectivity index (χ1v) is 6.79. The average Bonchev–Trinajstić information content (AvgIpc) is 2.39. The van der Waals surface area contributed by atoms with Crippen LogP contribution in [-0.2, 0) is 6.42 Å². The van der Waals surface area contributed by atoms with Gasteiger partial charge in [-0.2, -0.15) is 0 Å². The molecule has 1 aromatic carbocycles. The van der Waals surface area contributed by atoms with Crippen molar-refractivity contribution in [2.24, 2.45) is 0 Å². The molecule has 2 aliphatic heterocycles. The molecule has 0 amide bonds. The number of aryl methyl sites for hydroxylation is 1. The van der Waals surface area contributed by atoms with E-state index in [9.17, 15) is 0 Å². The maximum atomic E-state index is 6.20. The van der Waals surface area contributed by atoms with E-state index in [1.54, 1.807) is 0 Å². The van der Waals surface area contributed by atoms with Gasteiger partial charge in [0.25, 0.3) is 0 Å². The number of likely N-dealkylation sites (N-methyl/N-ethyl adjacent to an activating group) is 1. The average molecular weight is 231 g/mol. The van der Waals surface area contributed by atoms with Gasteiger partial charge in [-0.05, 0) is 50.9 Å². The van der Waals surface area contributed by atoms with Crippen molar-refractivity contribution in [2.75, 3.05) is 13.6 Å². The van der Waals surface area contributed by atoms with Crippen LogP contribution in [0.1, 0.15) is 31.2 Å². The van der Waals surface area contributed by atoms with Gasteiger partial charge >= 0.3 is 0 Å². The summed E-state index contributed by atoms with van der Waals surface area (Å²) >= 11 is 0.